The number of carbonyl (C=O) groups excluding carboxylic acids is 2. The van der Waals surface area contributed by atoms with Crippen LogP contribution in [-0.2, 0) is 4.79 Å². The number of thioether (sulfide) groups is 1. The van der Waals surface area contributed by atoms with E-state index in [2.05, 4.69) is 12.2 Å². The smallest absolute Gasteiger partial charge is 0.244 e. The minimum atomic E-state index is -0.225. The van der Waals surface area contributed by atoms with Crippen molar-refractivity contribution in [2.75, 3.05) is 6.54 Å². The third-order valence-corrected chi connectivity index (χ3v) is 4.63. The Bertz CT molecular complexity index is 576. The van der Waals surface area contributed by atoms with E-state index in [-0.39, 0.29) is 11.0 Å². The Morgan fingerprint density at radius 2 is 1.83 bits per heavy atom. The first-order valence-corrected chi connectivity index (χ1v) is 9.78. The van der Waals surface area contributed by atoms with E-state index in [0.29, 0.717) is 22.2 Å². The van der Waals surface area contributed by atoms with Crippen LogP contribution in [-0.4, -0.2) is 17.6 Å². The fourth-order valence-electron chi connectivity index (χ4n) is 2.05. The van der Waals surface area contributed by atoms with Crippen LogP contribution in [0.5, 0.6) is 0 Å². The number of carbonyl (C=O) groups is 2. The molecule has 1 amide bonds. The fraction of sp³-hybridized carbons (Fsp3) is 0.444. The van der Waals surface area contributed by atoms with Gasteiger partial charge in [0, 0.05) is 23.2 Å². The predicted molar refractivity (Wildman–Crippen MR) is 104 cm³/mol. The normalized spacial score (nSPS) is 11.0. The van der Waals surface area contributed by atoms with Gasteiger partial charge in [0.05, 0.1) is 5.02 Å². The first-order chi connectivity index (χ1) is 11.5. The van der Waals surface area contributed by atoms with Crippen molar-refractivity contribution in [3.63, 3.8) is 0 Å². The lowest BCUT2D eigenvalue weighted by Crippen LogP contribution is -2.21. The highest BCUT2D eigenvalue weighted by molar-refractivity contribution is 8.16. The van der Waals surface area contributed by atoms with Crippen LogP contribution in [0.2, 0.25) is 10.0 Å². The van der Waals surface area contributed by atoms with Gasteiger partial charge in [-0.15, -0.1) is 0 Å². The first kappa shape index (κ1) is 21.1. The molecular weight excluding hydrogens is 365 g/mol. The van der Waals surface area contributed by atoms with Gasteiger partial charge in [-0.1, -0.05) is 74.0 Å². The monoisotopic (exact) mass is 387 g/mol. The maximum absolute atomic E-state index is 12.0. The number of halogens is 2. The van der Waals surface area contributed by atoms with E-state index >= 15 is 0 Å². The average molecular weight is 388 g/mol. The van der Waals surface area contributed by atoms with Gasteiger partial charge in [0.2, 0.25) is 11.0 Å². The number of hydrogen-bond acceptors (Lipinski definition) is 3. The summed E-state index contributed by atoms with van der Waals surface area (Å²) in [6.07, 6.45) is 8.46. The van der Waals surface area contributed by atoms with Crippen molar-refractivity contribution in [3.05, 3.63) is 45.3 Å². The van der Waals surface area contributed by atoms with E-state index in [4.69, 9.17) is 23.2 Å². The molecule has 0 atom stereocenters. The highest BCUT2D eigenvalue weighted by atomic mass is 35.5. The molecular formula is C18H23Cl2NO2S. The molecule has 1 rings (SSSR count). The Morgan fingerprint density at radius 1 is 1.12 bits per heavy atom. The Morgan fingerprint density at radius 3 is 2.54 bits per heavy atom. The number of benzene rings is 1. The van der Waals surface area contributed by atoms with Gasteiger partial charge in [-0.05, 0) is 30.0 Å². The van der Waals surface area contributed by atoms with E-state index in [1.165, 1.54) is 43.2 Å². The van der Waals surface area contributed by atoms with Crippen molar-refractivity contribution in [2.24, 2.45) is 0 Å². The van der Waals surface area contributed by atoms with Gasteiger partial charge in [0.15, 0.2) is 0 Å². The molecule has 0 aromatic heterocycles. The number of amides is 1. The molecule has 24 heavy (non-hydrogen) atoms. The summed E-state index contributed by atoms with van der Waals surface area (Å²) in [4.78, 5) is 23.6. The molecule has 0 aliphatic heterocycles. The van der Waals surface area contributed by atoms with E-state index in [0.717, 1.165) is 24.6 Å². The van der Waals surface area contributed by atoms with E-state index < -0.39 is 0 Å². The van der Waals surface area contributed by atoms with Gasteiger partial charge < -0.3 is 5.32 Å². The minimum Gasteiger partial charge on any atom is -0.353 e. The second-order valence-electron chi connectivity index (χ2n) is 5.39. The van der Waals surface area contributed by atoms with Crippen LogP contribution in [0, 0.1) is 0 Å². The SMILES string of the molecule is CCCCCCCCNC(=O)C=CSC(=O)c1ccc(Cl)cc1Cl. The molecule has 0 saturated heterocycles. The zero-order chi connectivity index (χ0) is 17.8. The highest BCUT2D eigenvalue weighted by Crippen LogP contribution is 2.25. The molecule has 1 N–H and O–H groups in total. The largest absolute Gasteiger partial charge is 0.353 e. The quantitative estimate of drug-likeness (QED) is 0.404. The summed E-state index contributed by atoms with van der Waals surface area (Å²) in [6, 6.07) is 4.71. The summed E-state index contributed by atoms with van der Waals surface area (Å²) in [7, 11) is 0. The summed E-state index contributed by atoms with van der Waals surface area (Å²) in [5, 5.41) is 4.85. The van der Waals surface area contributed by atoms with Crippen LogP contribution < -0.4 is 5.32 Å². The molecule has 1 aromatic rings. The van der Waals surface area contributed by atoms with Gasteiger partial charge in [-0.25, -0.2) is 0 Å². The minimum absolute atomic E-state index is 0.189. The van der Waals surface area contributed by atoms with Crippen LogP contribution in [0.25, 0.3) is 0 Å². The Kier molecular flexibility index (Phi) is 10.9. The van der Waals surface area contributed by atoms with E-state index in [1.807, 2.05) is 0 Å². The summed E-state index contributed by atoms with van der Waals surface area (Å²) in [6.45, 7) is 2.85. The highest BCUT2D eigenvalue weighted by Gasteiger charge is 2.10. The number of rotatable bonds is 10. The van der Waals surface area contributed by atoms with Crippen LogP contribution in [0.15, 0.2) is 29.7 Å². The molecule has 132 valence electrons. The summed E-state index contributed by atoms with van der Waals surface area (Å²) < 4.78 is 0. The molecule has 0 aliphatic rings. The third kappa shape index (κ3) is 8.76. The summed E-state index contributed by atoms with van der Waals surface area (Å²) in [5.41, 5.74) is 0.378. The molecule has 0 bridgehead atoms. The number of hydrogen-bond donors (Lipinski definition) is 1. The van der Waals surface area contributed by atoms with Gasteiger partial charge in [-0.3, -0.25) is 9.59 Å². The standard InChI is InChI=1S/C18H23Cl2NO2S/c1-2-3-4-5-6-7-11-21-17(22)10-12-24-18(23)15-9-8-14(19)13-16(15)20/h8-10,12-13H,2-7,11H2,1H3,(H,21,22). The molecule has 0 fully saturated rings. The topological polar surface area (TPSA) is 46.2 Å². The van der Waals surface area contributed by atoms with Gasteiger partial charge in [-0.2, -0.15) is 0 Å². The molecule has 0 heterocycles. The van der Waals surface area contributed by atoms with E-state index in [1.54, 1.807) is 12.1 Å². The first-order valence-electron chi connectivity index (χ1n) is 8.15. The molecule has 3 nitrogen and oxygen atoms in total. The third-order valence-electron chi connectivity index (χ3n) is 3.38. The van der Waals surface area contributed by atoms with E-state index in [9.17, 15) is 9.59 Å². The van der Waals surface area contributed by atoms with Gasteiger partial charge in [0.1, 0.15) is 0 Å². The van der Waals surface area contributed by atoms with Crippen molar-refractivity contribution in [1.29, 1.82) is 0 Å². The molecule has 0 unspecified atom stereocenters. The van der Waals surface area contributed by atoms with Crippen LogP contribution in [0.3, 0.4) is 0 Å². The Balaban J connectivity index is 2.23. The molecule has 0 spiro atoms. The lowest BCUT2D eigenvalue weighted by Gasteiger charge is -2.03. The second-order valence-corrected chi connectivity index (χ2v) is 7.11. The summed E-state index contributed by atoms with van der Waals surface area (Å²) >= 11 is 12.7. The van der Waals surface area contributed by atoms with Gasteiger partial charge >= 0.3 is 0 Å². The van der Waals surface area contributed by atoms with Gasteiger partial charge in [0.25, 0.3) is 0 Å². The Hall–Kier alpha value is -0.970. The lowest BCUT2D eigenvalue weighted by molar-refractivity contribution is -0.116. The molecule has 0 saturated carbocycles. The van der Waals surface area contributed by atoms with Crippen molar-refractivity contribution >= 4 is 46.0 Å². The van der Waals surface area contributed by atoms with Crippen LogP contribution in [0.4, 0.5) is 0 Å². The van der Waals surface area contributed by atoms with Crippen molar-refractivity contribution in [3.8, 4) is 0 Å². The number of nitrogens with one attached hydrogen (secondary N) is 1. The Labute approximate surface area is 158 Å². The molecule has 0 radical (unpaired) electrons. The zero-order valence-corrected chi connectivity index (χ0v) is 16.1. The van der Waals surface area contributed by atoms with Crippen LogP contribution >= 0.6 is 35.0 Å². The van der Waals surface area contributed by atoms with Crippen molar-refractivity contribution < 1.29 is 9.59 Å². The maximum atomic E-state index is 12.0. The molecule has 1 aromatic carbocycles. The number of unbranched alkanes of at least 4 members (excludes halogenated alkanes) is 5. The fourth-order valence-corrected chi connectivity index (χ4v) is 3.22. The average Bonchev–Trinajstić information content (AvgIpc) is 2.53. The molecule has 0 aliphatic carbocycles. The maximum Gasteiger partial charge on any atom is 0.244 e. The predicted octanol–water partition coefficient (Wildman–Crippen LogP) is 5.86. The van der Waals surface area contributed by atoms with Crippen molar-refractivity contribution in [2.45, 2.75) is 45.4 Å². The van der Waals surface area contributed by atoms with Crippen molar-refractivity contribution in [1.82, 2.24) is 5.32 Å². The zero-order valence-electron chi connectivity index (χ0n) is 13.8. The summed E-state index contributed by atoms with van der Waals surface area (Å²) in [5.74, 6) is -0.189. The molecule has 6 heteroatoms. The second kappa shape index (κ2) is 12.4. The van der Waals surface area contributed by atoms with Crippen LogP contribution in [0.1, 0.15) is 55.8 Å². The lowest BCUT2D eigenvalue weighted by atomic mass is 10.1.